The van der Waals surface area contributed by atoms with Crippen molar-refractivity contribution < 1.29 is 19.1 Å². The maximum Gasteiger partial charge on any atom is 0.339 e. The van der Waals surface area contributed by atoms with E-state index in [4.69, 9.17) is 5.73 Å². The maximum atomic E-state index is 12.1. The molecule has 0 radical (unpaired) electrons. The van der Waals surface area contributed by atoms with Crippen molar-refractivity contribution in [3.8, 4) is 0 Å². The first-order chi connectivity index (χ1) is 11.4. The summed E-state index contributed by atoms with van der Waals surface area (Å²) < 4.78 is 4.64. The molecule has 0 heterocycles. The number of hydrogen-bond donors (Lipinski definition) is 3. The van der Waals surface area contributed by atoms with Gasteiger partial charge in [-0.1, -0.05) is 18.2 Å². The van der Waals surface area contributed by atoms with Crippen molar-refractivity contribution >= 4 is 34.8 Å². The standard InChI is InChI=1S/C17H17N3O4/c1-10-7-8-12(18)14(9-10)20-16(22)15(21)19-13-6-4-3-5-11(13)17(23)24-2/h3-9H,18H2,1-2H3,(H,19,21)(H,20,22). The van der Waals surface area contributed by atoms with Crippen LogP contribution in [-0.4, -0.2) is 24.9 Å². The number of hydrogen-bond acceptors (Lipinski definition) is 5. The molecule has 0 fully saturated rings. The average Bonchev–Trinajstić information content (AvgIpc) is 2.57. The summed E-state index contributed by atoms with van der Waals surface area (Å²) >= 11 is 0. The van der Waals surface area contributed by atoms with Crippen LogP contribution in [0.4, 0.5) is 17.1 Å². The number of nitrogen functional groups attached to an aromatic ring is 1. The van der Waals surface area contributed by atoms with Crippen molar-refractivity contribution in [2.24, 2.45) is 0 Å². The molecule has 2 aromatic rings. The van der Waals surface area contributed by atoms with E-state index in [2.05, 4.69) is 15.4 Å². The summed E-state index contributed by atoms with van der Waals surface area (Å²) in [6.45, 7) is 1.84. The third-order valence-corrected chi connectivity index (χ3v) is 3.24. The topological polar surface area (TPSA) is 111 Å². The van der Waals surface area contributed by atoms with Gasteiger partial charge in [0.25, 0.3) is 0 Å². The highest BCUT2D eigenvalue weighted by Gasteiger charge is 2.19. The largest absolute Gasteiger partial charge is 0.465 e. The zero-order valence-corrected chi connectivity index (χ0v) is 13.3. The Morgan fingerprint density at radius 1 is 0.958 bits per heavy atom. The van der Waals surface area contributed by atoms with Gasteiger partial charge in [-0.25, -0.2) is 4.79 Å². The fourth-order valence-corrected chi connectivity index (χ4v) is 2.02. The van der Waals surface area contributed by atoms with Crippen molar-refractivity contribution in [3.63, 3.8) is 0 Å². The quantitative estimate of drug-likeness (QED) is 0.453. The first-order valence-corrected chi connectivity index (χ1v) is 7.08. The number of nitrogens with one attached hydrogen (secondary N) is 2. The fourth-order valence-electron chi connectivity index (χ4n) is 2.02. The van der Waals surface area contributed by atoms with E-state index < -0.39 is 17.8 Å². The Morgan fingerprint density at radius 2 is 1.58 bits per heavy atom. The Morgan fingerprint density at radius 3 is 2.25 bits per heavy atom. The van der Waals surface area contributed by atoms with E-state index in [-0.39, 0.29) is 11.3 Å². The Hall–Kier alpha value is -3.35. The third kappa shape index (κ3) is 3.89. The second-order valence-corrected chi connectivity index (χ2v) is 5.04. The molecule has 0 saturated carbocycles. The van der Waals surface area contributed by atoms with E-state index in [1.54, 1.807) is 30.3 Å². The van der Waals surface area contributed by atoms with Gasteiger partial charge in [0.05, 0.1) is 29.7 Å². The number of para-hydroxylation sites is 1. The van der Waals surface area contributed by atoms with Crippen molar-refractivity contribution in [1.29, 1.82) is 0 Å². The number of aryl methyl sites for hydroxylation is 1. The number of methoxy groups -OCH3 is 1. The van der Waals surface area contributed by atoms with Gasteiger partial charge in [0.1, 0.15) is 0 Å². The lowest BCUT2D eigenvalue weighted by atomic mass is 10.1. The van der Waals surface area contributed by atoms with E-state index in [1.165, 1.54) is 19.2 Å². The van der Waals surface area contributed by atoms with Gasteiger partial charge in [0, 0.05) is 0 Å². The molecule has 2 aromatic carbocycles. The highest BCUT2D eigenvalue weighted by molar-refractivity contribution is 6.44. The van der Waals surface area contributed by atoms with E-state index in [9.17, 15) is 14.4 Å². The van der Waals surface area contributed by atoms with E-state index in [0.717, 1.165) is 5.56 Å². The normalized spacial score (nSPS) is 9.92. The van der Waals surface area contributed by atoms with Gasteiger partial charge in [-0.05, 0) is 36.8 Å². The SMILES string of the molecule is COC(=O)c1ccccc1NC(=O)C(=O)Nc1cc(C)ccc1N. The summed E-state index contributed by atoms with van der Waals surface area (Å²) in [5.74, 6) is -2.44. The minimum absolute atomic E-state index is 0.149. The predicted molar refractivity (Wildman–Crippen MR) is 90.6 cm³/mol. The molecule has 0 bridgehead atoms. The van der Waals surface area contributed by atoms with E-state index >= 15 is 0 Å². The van der Waals surface area contributed by atoms with Gasteiger partial charge < -0.3 is 21.1 Å². The summed E-state index contributed by atoms with van der Waals surface area (Å²) in [7, 11) is 1.23. The van der Waals surface area contributed by atoms with Crippen LogP contribution in [0.15, 0.2) is 42.5 Å². The zero-order chi connectivity index (χ0) is 17.7. The molecule has 0 spiro atoms. The van der Waals surface area contributed by atoms with Crippen molar-refractivity contribution in [3.05, 3.63) is 53.6 Å². The van der Waals surface area contributed by atoms with Gasteiger partial charge in [-0.2, -0.15) is 0 Å². The Balaban J connectivity index is 2.14. The molecular formula is C17H17N3O4. The highest BCUT2D eigenvalue weighted by Crippen LogP contribution is 2.20. The van der Waals surface area contributed by atoms with Gasteiger partial charge in [0.2, 0.25) is 0 Å². The van der Waals surface area contributed by atoms with Crippen LogP contribution >= 0.6 is 0 Å². The zero-order valence-electron chi connectivity index (χ0n) is 13.3. The highest BCUT2D eigenvalue weighted by atomic mass is 16.5. The molecule has 0 aliphatic rings. The Kier molecular flexibility index (Phi) is 5.16. The molecule has 2 amide bonds. The molecule has 0 unspecified atom stereocenters. The number of carbonyl (C=O) groups excluding carboxylic acids is 3. The number of ether oxygens (including phenoxy) is 1. The molecule has 0 aliphatic heterocycles. The summed E-state index contributed by atoms with van der Waals surface area (Å²) in [6, 6.07) is 11.3. The molecule has 124 valence electrons. The number of rotatable bonds is 3. The monoisotopic (exact) mass is 327 g/mol. The number of esters is 1. The van der Waals surface area contributed by atoms with Crippen LogP contribution in [0.5, 0.6) is 0 Å². The van der Waals surface area contributed by atoms with Crippen LogP contribution in [0.1, 0.15) is 15.9 Å². The number of anilines is 3. The molecular weight excluding hydrogens is 310 g/mol. The molecule has 24 heavy (non-hydrogen) atoms. The second kappa shape index (κ2) is 7.28. The van der Waals surface area contributed by atoms with Gasteiger partial charge in [-0.15, -0.1) is 0 Å². The first-order valence-electron chi connectivity index (χ1n) is 7.08. The van der Waals surface area contributed by atoms with E-state index in [1.807, 2.05) is 6.92 Å². The molecule has 0 aliphatic carbocycles. The minimum Gasteiger partial charge on any atom is -0.465 e. The summed E-state index contributed by atoms with van der Waals surface area (Å²) in [6.07, 6.45) is 0. The summed E-state index contributed by atoms with van der Waals surface area (Å²) in [4.78, 5) is 35.8. The van der Waals surface area contributed by atoms with Crippen LogP contribution in [-0.2, 0) is 14.3 Å². The number of carbonyl (C=O) groups is 3. The van der Waals surface area contributed by atoms with Crippen LogP contribution in [0.2, 0.25) is 0 Å². The molecule has 7 heteroatoms. The molecule has 0 aromatic heterocycles. The molecule has 0 saturated heterocycles. The number of amides is 2. The van der Waals surface area contributed by atoms with Crippen molar-refractivity contribution in [2.45, 2.75) is 6.92 Å². The smallest absolute Gasteiger partial charge is 0.339 e. The van der Waals surface area contributed by atoms with Gasteiger partial charge in [-0.3, -0.25) is 9.59 Å². The summed E-state index contributed by atoms with van der Waals surface area (Å²) in [5.41, 5.74) is 7.67. The Bertz CT molecular complexity index is 802. The van der Waals surface area contributed by atoms with Gasteiger partial charge in [0.15, 0.2) is 0 Å². The first kappa shape index (κ1) is 17.0. The molecule has 4 N–H and O–H groups in total. The second-order valence-electron chi connectivity index (χ2n) is 5.04. The van der Waals surface area contributed by atoms with Crippen LogP contribution in [0.25, 0.3) is 0 Å². The lowest BCUT2D eigenvalue weighted by molar-refractivity contribution is -0.132. The summed E-state index contributed by atoms with van der Waals surface area (Å²) in [5, 5.41) is 4.83. The number of nitrogens with two attached hydrogens (primary N) is 1. The van der Waals surface area contributed by atoms with Gasteiger partial charge >= 0.3 is 17.8 Å². The third-order valence-electron chi connectivity index (χ3n) is 3.24. The Labute approximate surface area is 138 Å². The maximum absolute atomic E-state index is 12.1. The van der Waals surface area contributed by atoms with Crippen LogP contribution in [0, 0.1) is 6.92 Å². The fraction of sp³-hybridized carbons (Fsp3) is 0.118. The predicted octanol–water partition coefficient (Wildman–Crippen LogP) is 1.94. The minimum atomic E-state index is -0.924. The van der Waals surface area contributed by atoms with Crippen LogP contribution in [0.3, 0.4) is 0 Å². The lowest BCUT2D eigenvalue weighted by Crippen LogP contribution is -2.30. The number of benzene rings is 2. The van der Waals surface area contributed by atoms with Crippen molar-refractivity contribution in [2.75, 3.05) is 23.5 Å². The lowest BCUT2D eigenvalue weighted by Gasteiger charge is -2.11. The molecule has 2 rings (SSSR count). The average molecular weight is 327 g/mol. The molecule has 0 atom stereocenters. The van der Waals surface area contributed by atoms with Crippen molar-refractivity contribution in [1.82, 2.24) is 0 Å². The van der Waals surface area contributed by atoms with E-state index in [0.29, 0.717) is 11.4 Å². The van der Waals surface area contributed by atoms with Crippen LogP contribution < -0.4 is 16.4 Å². The molecule has 7 nitrogen and oxygen atoms in total.